The molecule has 4 heteroatoms. The number of benzene rings is 2. The number of hydrogen-bond donors (Lipinski definition) is 1. The van der Waals surface area contributed by atoms with Gasteiger partial charge in [0.2, 0.25) is 0 Å². The van der Waals surface area contributed by atoms with Gasteiger partial charge < -0.3 is 10.6 Å². The lowest BCUT2D eigenvalue weighted by Crippen LogP contribution is -2.36. The van der Waals surface area contributed by atoms with Gasteiger partial charge in [-0.2, -0.15) is 0 Å². The molecule has 2 aromatic rings. The number of nitrogens with zero attached hydrogens (tertiary/aromatic N) is 1. The molecule has 0 radical (unpaired) electrons. The molecule has 126 valence electrons. The number of carbonyl (C=O) groups excluding carboxylic acids is 1. The highest BCUT2D eigenvalue weighted by Crippen LogP contribution is 2.30. The summed E-state index contributed by atoms with van der Waals surface area (Å²) < 4.78 is 1.13. The fraction of sp³-hybridized carbons (Fsp3) is 0.350. The van der Waals surface area contributed by atoms with Crippen molar-refractivity contribution in [2.24, 2.45) is 5.73 Å². The predicted molar refractivity (Wildman–Crippen MR) is 101 cm³/mol. The van der Waals surface area contributed by atoms with Crippen LogP contribution in [0.15, 0.2) is 28.7 Å². The number of hydrogen-bond acceptors (Lipinski definition) is 2. The molecule has 0 saturated carbocycles. The molecule has 1 aliphatic heterocycles. The van der Waals surface area contributed by atoms with Crippen LogP contribution < -0.4 is 5.73 Å². The van der Waals surface area contributed by atoms with Crippen LogP contribution in [0.25, 0.3) is 0 Å². The maximum Gasteiger partial charge on any atom is 0.254 e. The van der Waals surface area contributed by atoms with E-state index in [2.05, 4.69) is 35.0 Å². The fourth-order valence-electron chi connectivity index (χ4n) is 3.50. The normalized spacial score (nSPS) is 13.8. The van der Waals surface area contributed by atoms with Crippen molar-refractivity contribution in [2.75, 3.05) is 6.54 Å². The van der Waals surface area contributed by atoms with Gasteiger partial charge in [0.15, 0.2) is 0 Å². The highest BCUT2D eigenvalue weighted by atomic mass is 79.9. The number of rotatable bonds is 2. The van der Waals surface area contributed by atoms with Crippen LogP contribution in [0.1, 0.15) is 43.7 Å². The third-order valence-electron chi connectivity index (χ3n) is 4.97. The summed E-state index contributed by atoms with van der Waals surface area (Å²) in [6.45, 7) is 8.07. The lowest BCUT2D eigenvalue weighted by molar-refractivity contribution is 0.0734. The van der Waals surface area contributed by atoms with Crippen LogP contribution in [-0.2, 0) is 19.5 Å². The number of aryl methyl sites for hydroxylation is 3. The predicted octanol–water partition coefficient (Wildman–Crippen LogP) is 4.03. The summed E-state index contributed by atoms with van der Waals surface area (Å²) in [6, 6.07) is 8.26. The van der Waals surface area contributed by atoms with Gasteiger partial charge >= 0.3 is 0 Å². The van der Waals surface area contributed by atoms with E-state index in [0.717, 1.165) is 39.7 Å². The highest BCUT2D eigenvalue weighted by molar-refractivity contribution is 9.10. The minimum absolute atomic E-state index is 0.101. The van der Waals surface area contributed by atoms with E-state index in [-0.39, 0.29) is 5.91 Å². The molecule has 0 bridgehead atoms. The SMILES string of the molecule is Cc1ccc2c(c1Br)CN(C(=O)c1cc(C)c(CN)c(C)c1)CC2. The Hall–Kier alpha value is -1.65. The molecule has 2 aromatic carbocycles. The van der Waals surface area contributed by atoms with E-state index in [0.29, 0.717) is 13.1 Å². The van der Waals surface area contributed by atoms with Crippen LogP contribution in [-0.4, -0.2) is 17.4 Å². The Morgan fingerprint density at radius 2 is 1.83 bits per heavy atom. The average Bonchev–Trinajstić information content (AvgIpc) is 2.57. The first-order valence-corrected chi connectivity index (χ1v) is 9.08. The highest BCUT2D eigenvalue weighted by Gasteiger charge is 2.24. The fourth-order valence-corrected chi connectivity index (χ4v) is 4.02. The Balaban J connectivity index is 1.91. The third-order valence-corrected chi connectivity index (χ3v) is 6.07. The Labute approximate surface area is 152 Å². The number of nitrogens with two attached hydrogens (primary N) is 1. The molecule has 24 heavy (non-hydrogen) atoms. The minimum atomic E-state index is 0.101. The molecule has 3 rings (SSSR count). The summed E-state index contributed by atoms with van der Waals surface area (Å²) in [6.07, 6.45) is 0.902. The van der Waals surface area contributed by atoms with Crippen molar-refractivity contribution in [1.82, 2.24) is 4.90 Å². The van der Waals surface area contributed by atoms with Gasteiger partial charge in [-0.1, -0.05) is 28.1 Å². The van der Waals surface area contributed by atoms with Crippen LogP contribution in [0.5, 0.6) is 0 Å². The second-order valence-electron chi connectivity index (χ2n) is 6.60. The quantitative estimate of drug-likeness (QED) is 0.846. The Bertz CT molecular complexity index is 791. The maximum absolute atomic E-state index is 13.0. The molecule has 0 saturated heterocycles. The first-order chi connectivity index (χ1) is 11.4. The van der Waals surface area contributed by atoms with E-state index < -0.39 is 0 Å². The number of halogens is 1. The van der Waals surface area contributed by atoms with Crippen molar-refractivity contribution in [3.8, 4) is 0 Å². The van der Waals surface area contributed by atoms with Gasteiger partial charge in [0.25, 0.3) is 5.91 Å². The molecule has 2 N–H and O–H groups in total. The average molecular weight is 387 g/mol. The number of amides is 1. The zero-order chi connectivity index (χ0) is 17.4. The standard InChI is InChI=1S/C20H23BrN2O/c1-12-4-5-15-6-7-23(11-18(15)19(12)21)20(24)16-8-13(2)17(10-22)14(3)9-16/h4-5,8-9H,6-7,10-11,22H2,1-3H3. The van der Waals surface area contributed by atoms with Gasteiger partial charge in [-0.05, 0) is 72.7 Å². The molecule has 1 amide bonds. The Morgan fingerprint density at radius 1 is 1.17 bits per heavy atom. The number of fused-ring (bicyclic) bond motifs is 1. The summed E-state index contributed by atoms with van der Waals surface area (Å²) >= 11 is 3.69. The smallest absolute Gasteiger partial charge is 0.254 e. The van der Waals surface area contributed by atoms with Crippen LogP contribution in [0.2, 0.25) is 0 Å². The molecule has 1 heterocycles. The van der Waals surface area contributed by atoms with Crippen LogP contribution in [0.3, 0.4) is 0 Å². The van der Waals surface area contributed by atoms with Crippen LogP contribution >= 0.6 is 15.9 Å². The monoisotopic (exact) mass is 386 g/mol. The van der Waals surface area contributed by atoms with E-state index in [1.165, 1.54) is 16.7 Å². The molecule has 1 aliphatic rings. The molecular formula is C20H23BrN2O. The molecule has 0 spiro atoms. The summed E-state index contributed by atoms with van der Waals surface area (Å²) in [5.41, 5.74) is 13.7. The van der Waals surface area contributed by atoms with E-state index in [1.807, 2.05) is 30.9 Å². The largest absolute Gasteiger partial charge is 0.334 e. The summed E-state index contributed by atoms with van der Waals surface area (Å²) in [4.78, 5) is 14.9. The lowest BCUT2D eigenvalue weighted by atomic mass is 9.95. The molecule has 0 fully saturated rings. The second kappa shape index (κ2) is 6.69. The van der Waals surface area contributed by atoms with Gasteiger partial charge in [-0.15, -0.1) is 0 Å². The van der Waals surface area contributed by atoms with Gasteiger partial charge in [0, 0.05) is 29.7 Å². The van der Waals surface area contributed by atoms with Gasteiger partial charge in [-0.25, -0.2) is 0 Å². The summed E-state index contributed by atoms with van der Waals surface area (Å²) in [5.74, 6) is 0.101. The molecule has 0 aromatic heterocycles. The zero-order valence-corrected chi connectivity index (χ0v) is 16.0. The van der Waals surface area contributed by atoms with Crippen molar-refractivity contribution < 1.29 is 4.79 Å². The van der Waals surface area contributed by atoms with Gasteiger partial charge in [-0.3, -0.25) is 4.79 Å². The summed E-state index contributed by atoms with van der Waals surface area (Å²) in [5, 5.41) is 0. The van der Waals surface area contributed by atoms with Crippen molar-refractivity contribution in [3.05, 3.63) is 67.7 Å². The van der Waals surface area contributed by atoms with E-state index in [1.54, 1.807) is 0 Å². The van der Waals surface area contributed by atoms with E-state index in [9.17, 15) is 4.79 Å². The Morgan fingerprint density at radius 3 is 2.46 bits per heavy atom. The first kappa shape index (κ1) is 17.2. The molecular weight excluding hydrogens is 364 g/mol. The van der Waals surface area contributed by atoms with Crippen molar-refractivity contribution in [1.29, 1.82) is 0 Å². The zero-order valence-electron chi connectivity index (χ0n) is 14.4. The van der Waals surface area contributed by atoms with Crippen molar-refractivity contribution in [3.63, 3.8) is 0 Å². The number of carbonyl (C=O) groups is 1. The van der Waals surface area contributed by atoms with Gasteiger partial charge in [0.1, 0.15) is 0 Å². The van der Waals surface area contributed by atoms with Crippen LogP contribution in [0, 0.1) is 20.8 Å². The molecule has 3 nitrogen and oxygen atoms in total. The summed E-state index contributed by atoms with van der Waals surface area (Å²) in [7, 11) is 0. The molecule has 0 unspecified atom stereocenters. The lowest BCUT2D eigenvalue weighted by Gasteiger charge is -2.30. The first-order valence-electron chi connectivity index (χ1n) is 8.28. The third kappa shape index (κ3) is 3.01. The maximum atomic E-state index is 13.0. The van der Waals surface area contributed by atoms with Crippen molar-refractivity contribution >= 4 is 21.8 Å². The molecule has 0 atom stereocenters. The van der Waals surface area contributed by atoms with Crippen LogP contribution in [0.4, 0.5) is 0 Å². The van der Waals surface area contributed by atoms with Crippen molar-refractivity contribution in [2.45, 2.75) is 40.3 Å². The minimum Gasteiger partial charge on any atom is -0.334 e. The van der Waals surface area contributed by atoms with Gasteiger partial charge in [0.05, 0.1) is 0 Å². The van der Waals surface area contributed by atoms with E-state index in [4.69, 9.17) is 5.73 Å². The molecule has 0 aliphatic carbocycles. The Kier molecular flexibility index (Phi) is 4.79. The second-order valence-corrected chi connectivity index (χ2v) is 7.40. The topological polar surface area (TPSA) is 46.3 Å². The van der Waals surface area contributed by atoms with E-state index >= 15 is 0 Å².